The van der Waals surface area contributed by atoms with E-state index >= 15 is 0 Å². The standard InChI is InChI=1S/C20H32BrN5/c1-16(26-12-10-25(3)11-13-26)14-23-19(22-2)24-15-20(8-9-20)17-6-4-5-7-18(17)21/h4-7,16H,8-15H2,1-3H3,(H2,22,23,24). The second kappa shape index (κ2) is 8.72. The van der Waals surface area contributed by atoms with Crippen LogP contribution in [-0.2, 0) is 5.41 Å². The number of likely N-dealkylation sites (N-methyl/N-ethyl adjacent to an activating group) is 1. The zero-order chi connectivity index (χ0) is 18.6. The summed E-state index contributed by atoms with van der Waals surface area (Å²) in [6, 6.07) is 9.10. The minimum absolute atomic E-state index is 0.251. The summed E-state index contributed by atoms with van der Waals surface area (Å²) in [5.74, 6) is 0.907. The summed E-state index contributed by atoms with van der Waals surface area (Å²) in [7, 11) is 4.05. The molecule has 1 aromatic carbocycles. The summed E-state index contributed by atoms with van der Waals surface area (Å²) in [6.45, 7) is 8.77. The number of nitrogens with one attached hydrogen (secondary N) is 2. The van der Waals surface area contributed by atoms with Crippen LogP contribution < -0.4 is 10.6 Å². The van der Waals surface area contributed by atoms with Gasteiger partial charge in [0.15, 0.2) is 5.96 Å². The molecule has 1 saturated heterocycles. The third-order valence-corrected chi connectivity index (χ3v) is 6.53. The molecule has 2 fully saturated rings. The Kier molecular flexibility index (Phi) is 6.59. The topological polar surface area (TPSA) is 42.9 Å². The minimum Gasteiger partial charge on any atom is -0.356 e. The van der Waals surface area contributed by atoms with Gasteiger partial charge in [-0.3, -0.25) is 9.89 Å². The van der Waals surface area contributed by atoms with Gasteiger partial charge >= 0.3 is 0 Å². The highest BCUT2D eigenvalue weighted by Crippen LogP contribution is 2.49. The number of benzene rings is 1. The Hall–Kier alpha value is -1.11. The van der Waals surface area contributed by atoms with Crippen molar-refractivity contribution < 1.29 is 0 Å². The first-order chi connectivity index (χ1) is 12.5. The van der Waals surface area contributed by atoms with Gasteiger partial charge in [0.05, 0.1) is 0 Å². The van der Waals surface area contributed by atoms with Crippen LogP contribution in [0.25, 0.3) is 0 Å². The maximum Gasteiger partial charge on any atom is 0.191 e. The molecule has 1 atom stereocenters. The molecule has 1 unspecified atom stereocenters. The molecule has 0 aromatic heterocycles. The van der Waals surface area contributed by atoms with Gasteiger partial charge in [-0.2, -0.15) is 0 Å². The molecule has 0 spiro atoms. The quantitative estimate of drug-likeness (QED) is 0.546. The summed E-state index contributed by atoms with van der Waals surface area (Å²) in [4.78, 5) is 9.38. The van der Waals surface area contributed by atoms with Crippen LogP contribution in [0.5, 0.6) is 0 Å². The van der Waals surface area contributed by atoms with E-state index in [0.717, 1.165) is 45.2 Å². The second-order valence-corrected chi connectivity index (χ2v) is 8.61. The second-order valence-electron chi connectivity index (χ2n) is 7.76. The van der Waals surface area contributed by atoms with E-state index in [-0.39, 0.29) is 5.41 Å². The van der Waals surface area contributed by atoms with Crippen LogP contribution in [0.2, 0.25) is 0 Å². The highest BCUT2D eigenvalue weighted by atomic mass is 79.9. The molecule has 1 aromatic rings. The number of halogens is 1. The van der Waals surface area contributed by atoms with Crippen molar-refractivity contribution >= 4 is 21.9 Å². The highest BCUT2D eigenvalue weighted by molar-refractivity contribution is 9.10. The van der Waals surface area contributed by atoms with Gasteiger partial charge in [-0.15, -0.1) is 0 Å². The predicted octanol–water partition coefficient (Wildman–Crippen LogP) is 2.28. The lowest BCUT2D eigenvalue weighted by atomic mass is 9.96. The van der Waals surface area contributed by atoms with Crippen LogP contribution in [0.4, 0.5) is 0 Å². The molecule has 0 bridgehead atoms. The summed E-state index contributed by atoms with van der Waals surface area (Å²) in [5.41, 5.74) is 1.66. The van der Waals surface area contributed by atoms with Crippen LogP contribution in [0, 0.1) is 0 Å². The van der Waals surface area contributed by atoms with E-state index in [0.29, 0.717) is 6.04 Å². The zero-order valence-electron chi connectivity index (χ0n) is 16.3. The van der Waals surface area contributed by atoms with Gasteiger partial charge in [0.2, 0.25) is 0 Å². The Morgan fingerprint density at radius 1 is 1.19 bits per heavy atom. The van der Waals surface area contributed by atoms with Gasteiger partial charge in [-0.1, -0.05) is 34.1 Å². The number of guanidine groups is 1. The molecule has 1 saturated carbocycles. The van der Waals surface area contributed by atoms with Crippen molar-refractivity contribution in [2.24, 2.45) is 4.99 Å². The van der Waals surface area contributed by atoms with Crippen LogP contribution in [0.15, 0.2) is 33.7 Å². The van der Waals surface area contributed by atoms with E-state index in [9.17, 15) is 0 Å². The van der Waals surface area contributed by atoms with Crippen molar-refractivity contribution in [2.75, 3.05) is 53.4 Å². The summed E-state index contributed by atoms with van der Waals surface area (Å²) in [5, 5.41) is 7.07. The maximum absolute atomic E-state index is 4.42. The fourth-order valence-electron chi connectivity index (χ4n) is 3.69. The summed E-state index contributed by atoms with van der Waals surface area (Å²) < 4.78 is 1.21. The van der Waals surface area contributed by atoms with E-state index in [1.165, 1.54) is 22.9 Å². The first-order valence-electron chi connectivity index (χ1n) is 9.66. The number of rotatable bonds is 6. The van der Waals surface area contributed by atoms with Crippen molar-refractivity contribution in [3.63, 3.8) is 0 Å². The smallest absolute Gasteiger partial charge is 0.191 e. The number of hydrogen-bond donors (Lipinski definition) is 2. The summed E-state index contributed by atoms with van der Waals surface area (Å²) in [6.07, 6.45) is 2.47. The molecule has 2 N–H and O–H groups in total. The Morgan fingerprint density at radius 2 is 1.88 bits per heavy atom. The molecule has 6 heteroatoms. The highest BCUT2D eigenvalue weighted by Gasteiger charge is 2.45. The molecular formula is C20H32BrN5. The van der Waals surface area contributed by atoms with Crippen LogP contribution in [-0.4, -0.2) is 75.2 Å². The van der Waals surface area contributed by atoms with E-state index in [2.05, 4.69) is 79.6 Å². The monoisotopic (exact) mass is 421 g/mol. The van der Waals surface area contributed by atoms with Crippen LogP contribution in [0.3, 0.4) is 0 Å². The Bertz CT molecular complexity index is 620. The molecule has 26 heavy (non-hydrogen) atoms. The molecule has 1 heterocycles. The third-order valence-electron chi connectivity index (χ3n) is 5.84. The average molecular weight is 422 g/mol. The summed E-state index contributed by atoms with van der Waals surface area (Å²) >= 11 is 3.71. The van der Waals surface area contributed by atoms with E-state index in [1.807, 2.05) is 7.05 Å². The molecule has 1 aliphatic carbocycles. The molecule has 0 radical (unpaired) electrons. The van der Waals surface area contributed by atoms with Crippen molar-refractivity contribution in [1.82, 2.24) is 20.4 Å². The first kappa shape index (κ1) is 19.6. The first-order valence-corrected chi connectivity index (χ1v) is 10.5. The average Bonchev–Trinajstić information content (AvgIpc) is 3.43. The van der Waals surface area contributed by atoms with Gasteiger partial charge in [0.25, 0.3) is 0 Å². The molecule has 2 aliphatic rings. The number of aliphatic imine (C=N–C) groups is 1. The van der Waals surface area contributed by atoms with Crippen molar-refractivity contribution in [2.45, 2.75) is 31.2 Å². The van der Waals surface area contributed by atoms with Crippen LogP contribution >= 0.6 is 15.9 Å². The lowest BCUT2D eigenvalue weighted by molar-refractivity contribution is 0.120. The molecule has 144 valence electrons. The van der Waals surface area contributed by atoms with E-state index < -0.39 is 0 Å². The zero-order valence-corrected chi connectivity index (χ0v) is 17.8. The van der Waals surface area contributed by atoms with Gasteiger partial charge in [0, 0.05) is 62.2 Å². The Labute approximate surface area is 166 Å². The van der Waals surface area contributed by atoms with Crippen LogP contribution in [0.1, 0.15) is 25.3 Å². The molecule has 5 nitrogen and oxygen atoms in total. The third kappa shape index (κ3) is 4.78. The van der Waals surface area contributed by atoms with Crippen molar-refractivity contribution in [3.8, 4) is 0 Å². The lowest BCUT2D eigenvalue weighted by Gasteiger charge is -2.36. The Morgan fingerprint density at radius 3 is 2.50 bits per heavy atom. The van der Waals surface area contributed by atoms with Gasteiger partial charge in [-0.25, -0.2) is 0 Å². The predicted molar refractivity (Wildman–Crippen MR) is 113 cm³/mol. The fourth-order valence-corrected chi connectivity index (χ4v) is 4.40. The molecule has 1 aliphatic heterocycles. The molecule has 3 rings (SSSR count). The maximum atomic E-state index is 4.42. The molecular weight excluding hydrogens is 390 g/mol. The van der Waals surface area contributed by atoms with Gasteiger partial charge in [-0.05, 0) is 38.4 Å². The normalized spacial score (nSPS) is 22.1. The van der Waals surface area contributed by atoms with E-state index in [1.54, 1.807) is 0 Å². The van der Waals surface area contributed by atoms with E-state index in [4.69, 9.17) is 0 Å². The number of hydrogen-bond acceptors (Lipinski definition) is 3. The molecule has 0 amide bonds. The van der Waals surface area contributed by atoms with Gasteiger partial charge in [0.1, 0.15) is 0 Å². The largest absolute Gasteiger partial charge is 0.356 e. The van der Waals surface area contributed by atoms with Crippen molar-refractivity contribution in [1.29, 1.82) is 0 Å². The number of piperazine rings is 1. The van der Waals surface area contributed by atoms with Crippen molar-refractivity contribution in [3.05, 3.63) is 34.3 Å². The fraction of sp³-hybridized carbons (Fsp3) is 0.650. The number of nitrogens with zero attached hydrogens (tertiary/aromatic N) is 3. The minimum atomic E-state index is 0.251. The van der Waals surface area contributed by atoms with Gasteiger partial charge < -0.3 is 15.5 Å². The SMILES string of the molecule is CN=C(NCC(C)N1CCN(C)CC1)NCC1(c2ccccc2Br)CC1. The Balaban J connectivity index is 1.47. The lowest BCUT2D eigenvalue weighted by Crippen LogP contribution is -2.52.